The van der Waals surface area contributed by atoms with Gasteiger partial charge in [0.2, 0.25) is 0 Å². The number of rotatable bonds is 5. The average molecular weight is 291 g/mol. The second-order valence-corrected chi connectivity index (χ2v) is 4.08. The zero-order valence-electron chi connectivity index (χ0n) is 12.2. The van der Waals surface area contributed by atoms with Crippen LogP contribution in [-0.2, 0) is 9.59 Å². The number of benzene rings is 1. The van der Waals surface area contributed by atoms with Gasteiger partial charge in [0.05, 0.1) is 12.2 Å². The first-order valence-electron chi connectivity index (χ1n) is 6.20. The molecule has 0 fully saturated rings. The number of carboxylic acid groups (broad SMARTS) is 1. The van der Waals surface area contributed by atoms with Crippen LogP contribution < -0.4 is 4.74 Å². The zero-order chi connectivity index (χ0) is 16.4. The van der Waals surface area contributed by atoms with Gasteiger partial charge in [-0.1, -0.05) is 0 Å². The molecule has 6 nitrogen and oxygen atoms in total. The minimum Gasteiger partial charge on any atom is -0.492 e. The largest absolute Gasteiger partial charge is 0.492 e. The lowest BCUT2D eigenvalue weighted by molar-refractivity contribution is -0.139. The van der Waals surface area contributed by atoms with Crippen LogP contribution in [0.3, 0.4) is 0 Å². The van der Waals surface area contributed by atoms with Crippen molar-refractivity contribution in [2.75, 3.05) is 6.61 Å². The molecule has 0 bridgehead atoms. The van der Waals surface area contributed by atoms with E-state index in [4.69, 9.17) is 15.1 Å². The summed E-state index contributed by atoms with van der Waals surface area (Å²) in [5.41, 5.74) is 0.935. The van der Waals surface area contributed by atoms with E-state index in [9.17, 15) is 14.4 Å². The van der Waals surface area contributed by atoms with Crippen molar-refractivity contribution in [1.29, 1.82) is 5.26 Å². The number of nitrogens with zero attached hydrogens (tertiary/aromatic N) is 1. The first-order chi connectivity index (χ1) is 9.81. The van der Waals surface area contributed by atoms with Gasteiger partial charge >= 0.3 is 5.97 Å². The molecule has 0 aromatic heterocycles. The van der Waals surface area contributed by atoms with Crippen LogP contribution in [0.15, 0.2) is 18.2 Å². The summed E-state index contributed by atoms with van der Waals surface area (Å²) in [5.74, 6) is -0.899. The molecule has 0 saturated heterocycles. The molecule has 21 heavy (non-hydrogen) atoms. The third-order valence-electron chi connectivity index (χ3n) is 2.21. The predicted octanol–water partition coefficient (Wildman–Crippen LogP) is 2.21. The van der Waals surface area contributed by atoms with Crippen molar-refractivity contribution in [3.63, 3.8) is 0 Å². The van der Waals surface area contributed by atoms with E-state index in [0.717, 1.165) is 0 Å². The van der Waals surface area contributed by atoms with Gasteiger partial charge in [0, 0.05) is 5.56 Å². The average Bonchev–Trinajstić information content (AvgIpc) is 2.38. The van der Waals surface area contributed by atoms with Crippen molar-refractivity contribution in [3.8, 4) is 11.8 Å². The van der Waals surface area contributed by atoms with Crippen LogP contribution in [0.25, 0.3) is 0 Å². The van der Waals surface area contributed by atoms with Gasteiger partial charge in [-0.25, -0.2) is 0 Å². The summed E-state index contributed by atoms with van der Waals surface area (Å²) < 4.78 is 5.23. The molecule has 1 aromatic carbocycles. The van der Waals surface area contributed by atoms with Crippen molar-refractivity contribution >= 4 is 17.5 Å². The smallest absolute Gasteiger partial charge is 0.310 e. The molecule has 0 aliphatic carbocycles. The van der Waals surface area contributed by atoms with Gasteiger partial charge in [-0.05, 0) is 39.0 Å². The van der Waals surface area contributed by atoms with E-state index in [1.165, 1.54) is 13.8 Å². The minimum absolute atomic E-state index is 0.0513. The van der Waals surface area contributed by atoms with E-state index in [1.807, 2.05) is 13.0 Å². The maximum atomic E-state index is 11.0. The summed E-state index contributed by atoms with van der Waals surface area (Å²) >= 11 is 0. The molecule has 0 unspecified atom stereocenters. The molecule has 1 aromatic rings. The third-order valence-corrected chi connectivity index (χ3v) is 2.21. The highest BCUT2D eigenvalue weighted by atomic mass is 16.5. The second-order valence-electron chi connectivity index (χ2n) is 4.08. The standard InChI is InChI=1S/C11H11NO2.C4H6O3/c1-3-14-11-5-4-9(8(2)13)6-10(11)7-12;1-3(5)2-4(6)7/h4-6H,3H2,1-2H3;2H2,1H3,(H,6,7). The molecule has 0 atom stereocenters. The van der Waals surface area contributed by atoms with Crippen LogP contribution in [-0.4, -0.2) is 29.2 Å². The van der Waals surface area contributed by atoms with Gasteiger partial charge in [-0.15, -0.1) is 0 Å². The van der Waals surface area contributed by atoms with E-state index in [0.29, 0.717) is 23.5 Å². The Hall–Kier alpha value is -2.68. The van der Waals surface area contributed by atoms with Crippen LogP contribution in [0, 0.1) is 11.3 Å². The number of carbonyl (C=O) groups is 3. The van der Waals surface area contributed by atoms with E-state index in [1.54, 1.807) is 18.2 Å². The number of carboxylic acids is 1. The molecule has 0 saturated carbocycles. The lowest BCUT2D eigenvalue weighted by atomic mass is 10.1. The Morgan fingerprint density at radius 1 is 1.29 bits per heavy atom. The fourth-order valence-corrected chi connectivity index (χ4v) is 1.33. The Kier molecular flexibility index (Phi) is 8.08. The molecule has 1 N–H and O–H groups in total. The molecule has 0 heterocycles. The third kappa shape index (κ3) is 7.47. The summed E-state index contributed by atoms with van der Waals surface area (Å²) in [5, 5.41) is 16.7. The first-order valence-corrected chi connectivity index (χ1v) is 6.20. The SMILES string of the molecule is CC(=O)CC(=O)O.CCOc1ccc(C(C)=O)cc1C#N. The molecule has 0 amide bonds. The number of ketones is 2. The van der Waals surface area contributed by atoms with Gasteiger partial charge in [0.25, 0.3) is 0 Å². The van der Waals surface area contributed by atoms with Gasteiger partial charge in [0.15, 0.2) is 5.78 Å². The highest BCUT2D eigenvalue weighted by Gasteiger charge is 2.06. The molecule has 0 radical (unpaired) electrons. The number of Topliss-reactive ketones (excluding diaryl/α,β-unsaturated/α-hetero) is 2. The van der Waals surface area contributed by atoms with Gasteiger partial charge in [-0.2, -0.15) is 5.26 Å². The zero-order valence-corrected chi connectivity index (χ0v) is 12.2. The monoisotopic (exact) mass is 291 g/mol. The molecule has 0 aliphatic heterocycles. The van der Waals surface area contributed by atoms with Crippen LogP contribution in [0.1, 0.15) is 43.1 Å². The molecule has 0 spiro atoms. The molecule has 6 heteroatoms. The highest BCUT2D eigenvalue weighted by Crippen LogP contribution is 2.19. The Bertz CT molecular complexity index is 560. The second kappa shape index (κ2) is 9.26. The number of hydrogen-bond donors (Lipinski definition) is 1. The number of hydrogen-bond acceptors (Lipinski definition) is 5. The maximum Gasteiger partial charge on any atom is 0.310 e. The van der Waals surface area contributed by atoms with Crippen molar-refractivity contribution < 1.29 is 24.2 Å². The number of ether oxygens (including phenoxy) is 1. The van der Waals surface area contributed by atoms with Crippen LogP contribution in [0.5, 0.6) is 5.75 Å². The summed E-state index contributed by atoms with van der Waals surface area (Å²) in [7, 11) is 0. The normalized spacial score (nSPS) is 8.86. The van der Waals surface area contributed by atoms with E-state index in [2.05, 4.69) is 0 Å². The number of aliphatic carboxylic acids is 1. The highest BCUT2D eigenvalue weighted by molar-refractivity contribution is 5.94. The Balaban J connectivity index is 0.000000486. The lowest BCUT2D eigenvalue weighted by Crippen LogP contribution is -2.00. The van der Waals surface area contributed by atoms with E-state index >= 15 is 0 Å². The van der Waals surface area contributed by atoms with Crippen molar-refractivity contribution in [2.24, 2.45) is 0 Å². The lowest BCUT2D eigenvalue weighted by Gasteiger charge is -2.05. The van der Waals surface area contributed by atoms with Crippen molar-refractivity contribution in [1.82, 2.24) is 0 Å². The van der Waals surface area contributed by atoms with E-state index < -0.39 is 5.97 Å². The molecule has 0 aliphatic rings. The van der Waals surface area contributed by atoms with Gasteiger partial charge in [0.1, 0.15) is 24.0 Å². The summed E-state index contributed by atoms with van der Waals surface area (Å²) in [6.45, 7) is 5.07. The molecular formula is C15H17NO5. The summed E-state index contributed by atoms with van der Waals surface area (Å²) in [4.78, 5) is 30.5. The molecule has 112 valence electrons. The van der Waals surface area contributed by atoms with Crippen LogP contribution in [0.4, 0.5) is 0 Å². The van der Waals surface area contributed by atoms with Crippen molar-refractivity contribution in [2.45, 2.75) is 27.2 Å². The van der Waals surface area contributed by atoms with E-state index in [-0.39, 0.29) is 18.0 Å². The Morgan fingerprint density at radius 2 is 1.90 bits per heavy atom. The minimum atomic E-state index is -1.06. The number of carbonyl (C=O) groups excluding carboxylic acids is 2. The topological polar surface area (TPSA) is 104 Å². The van der Waals surface area contributed by atoms with Crippen LogP contribution in [0.2, 0.25) is 0 Å². The van der Waals surface area contributed by atoms with Crippen molar-refractivity contribution in [3.05, 3.63) is 29.3 Å². The Labute approximate surface area is 123 Å². The predicted molar refractivity (Wildman–Crippen MR) is 75.3 cm³/mol. The Morgan fingerprint density at radius 3 is 2.24 bits per heavy atom. The summed E-state index contributed by atoms with van der Waals surface area (Å²) in [6.07, 6.45) is -0.361. The summed E-state index contributed by atoms with van der Waals surface area (Å²) in [6, 6.07) is 6.86. The molecule has 1 rings (SSSR count). The number of nitriles is 1. The van der Waals surface area contributed by atoms with Crippen LogP contribution >= 0.6 is 0 Å². The maximum absolute atomic E-state index is 11.0. The van der Waals surface area contributed by atoms with Gasteiger partial charge < -0.3 is 9.84 Å². The quantitative estimate of drug-likeness (QED) is 0.658. The fraction of sp³-hybridized carbons (Fsp3) is 0.333. The fourth-order valence-electron chi connectivity index (χ4n) is 1.33. The molecular weight excluding hydrogens is 274 g/mol. The first kappa shape index (κ1) is 18.3. The van der Waals surface area contributed by atoms with Gasteiger partial charge in [-0.3, -0.25) is 14.4 Å².